The number of hydrogen-bond donors (Lipinski definition) is 2. The summed E-state index contributed by atoms with van der Waals surface area (Å²) in [6.07, 6.45) is 3.67. The lowest BCUT2D eigenvalue weighted by Crippen LogP contribution is -2.15. The molecule has 0 bridgehead atoms. The van der Waals surface area contributed by atoms with E-state index in [1.165, 1.54) is 5.56 Å². The molecule has 3 rings (SSSR count). The first-order chi connectivity index (χ1) is 10.3. The Morgan fingerprint density at radius 1 is 1.05 bits per heavy atom. The molecule has 2 N–H and O–H groups in total. The Bertz CT molecular complexity index is 732. The van der Waals surface area contributed by atoms with Crippen LogP contribution in [0.4, 0.5) is 5.69 Å². The number of nitrogens with one attached hydrogen (secondary N) is 1. The van der Waals surface area contributed by atoms with Crippen LogP contribution in [0.5, 0.6) is 0 Å². The van der Waals surface area contributed by atoms with Crippen molar-refractivity contribution in [2.75, 3.05) is 11.9 Å². The molecule has 0 aliphatic heterocycles. The maximum atomic E-state index is 9.76. The number of hydrogen-bond acceptors (Lipinski definition) is 3. The molecule has 0 saturated carbocycles. The third kappa shape index (κ3) is 2.88. The van der Waals surface area contributed by atoms with Gasteiger partial charge >= 0.3 is 0 Å². The van der Waals surface area contributed by atoms with Crippen molar-refractivity contribution in [1.29, 1.82) is 0 Å². The lowest BCUT2D eigenvalue weighted by atomic mass is 10.0. The number of pyridine rings is 1. The van der Waals surface area contributed by atoms with E-state index < -0.39 is 0 Å². The van der Waals surface area contributed by atoms with Gasteiger partial charge in [-0.25, -0.2) is 0 Å². The van der Waals surface area contributed by atoms with Crippen molar-refractivity contribution in [3.63, 3.8) is 0 Å². The summed E-state index contributed by atoms with van der Waals surface area (Å²) in [5.41, 5.74) is 3.22. The topological polar surface area (TPSA) is 45.1 Å². The summed E-state index contributed by atoms with van der Waals surface area (Å²) >= 11 is 0. The fourth-order valence-corrected chi connectivity index (χ4v) is 2.49. The number of rotatable bonds is 4. The number of aliphatic hydroxyl groups is 1. The highest BCUT2D eigenvalue weighted by molar-refractivity contribution is 5.85. The second-order valence-electron chi connectivity index (χ2n) is 5.20. The molecule has 1 heterocycles. The zero-order valence-corrected chi connectivity index (χ0v) is 12.0. The molecule has 2 aromatic carbocycles. The van der Waals surface area contributed by atoms with E-state index in [1.54, 1.807) is 0 Å². The number of benzene rings is 2. The minimum Gasteiger partial charge on any atom is -0.394 e. The van der Waals surface area contributed by atoms with Crippen molar-refractivity contribution >= 4 is 16.5 Å². The molecule has 3 heteroatoms. The molecule has 0 saturated heterocycles. The van der Waals surface area contributed by atoms with E-state index in [4.69, 9.17) is 0 Å². The van der Waals surface area contributed by atoms with Crippen LogP contribution in [0.15, 0.2) is 60.9 Å². The van der Waals surface area contributed by atoms with Crippen LogP contribution in [-0.2, 0) is 0 Å². The van der Waals surface area contributed by atoms with Crippen LogP contribution in [0.2, 0.25) is 0 Å². The second kappa shape index (κ2) is 5.94. The van der Waals surface area contributed by atoms with Crippen molar-refractivity contribution < 1.29 is 5.11 Å². The molecular formula is C18H18N2O. The Morgan fingerprint density at radius 2 is 1.81 bits per heavy atom. The summed E-state index contributed by atoms with van der Waals surface area (Å²) in [7, 11) is 0. The first kappa shape index (κ1) is 13.6. The molecule has 3 nitrogen and oxygen atoms in total. The Morgan fingerprint density at radius 3 is 2.57 bits per heavy atom. The first-order valence-electron chi connectivity index (χ1n) is 7.04. The minimum absolute atomic E-state index is 0.0174. The van der Waals surface area contributed by atoms with E-state index in [0.29, 0.717) is 0 Å². The number of aryl methyl sites for hydroxylation is 1. The van der Waals surface area contributed by atoms with E-state index in [1.807, 2.05) is 42.7 Å². The van der Waals surface area contributed by atoms with Crippen LogP contribution in [0.1, 0.15) is 17.2 Å². The molecule has 21 heavy (non-hydrogen) atoms. The molecule has 106 valence electrons. The van der Waals surface area contributed by atoms with Gasteiger partial charge in [-0.3, -0.25) is 4.98 Å². The van der Waals surface area contributed by atoms with Crippen LogP contribution in [0.3, 0.4) is 0 Å². The van der Waals surface area contributed by atoms with Gasteiger partial charge in [-0.1, -0.05) is 42.0 Å². The van der Waals surface area contributed by atoms with E-state index >= 15 is 0 Å². The molecule has 0 amide bonds. The molecule has 0 fully saturated rings. The van der Waals surface area contributed by atoms with Crippen LogP contribution in [-0.4, -0.2) is 16.7 Å². The van der Waals surface area contributed by atoms with E-state index in [2.05, 4.69) is 35.4 Å². The Labute approximate surface area is 124 Å². The molecular weight excluding hydrogens is 260 g/mol. The highest BCUT2D eigenvalue weighted by Gasteiger charge is 2.13. The molecule has 1 atom stereocenters. The Hall–Kier alpha value is -2.39. The van der Waals surface area contributed by atoms with E-state index in [-0.39, 0.29) is 12.6 Å². The average molecular weight is 278 g/mol. The summed E-state index contributed by atoms with van der Waals surface area (Å²) in [5, 5.41) is 15.3. The van der Waals surface area contributed by atoms with Gasteiger partial charge in [0.1, 0.15) is 0 Å². The molecule has 1 unspecified atom stereocenters. The highest BCUT2D eigenvalue weighted by atomic mass is 16.3. The quantitative estimate of drug-likeness (QED) is 0.765. The van der Waals surface area contributed by atoms with E-state index in [0.717, 1.165) is 22.0 Å². The van der Waals surface area contributed by atoms with Gasteiger partial charge in [-0.05, 0) is 24.4 Å². The molecule has 3 aromatic rings. The average Bonchev–Trinajstić information content (AvgIpc) is 2.54. The van der Waals surface area contributed by atoms with Gasteiger partial charge in [-0.2, -0.15) is 0 Å². The molecule has 0 spiro atoms. The van der Waals surface area contributed by atoms with Gasteiger partial charge in [0.15, 0.2) is 0 Å². The predicted octanol–water partition coefficient (Wildman–Crippen LogP) is 3.69. The summed E-state index contributed by atoms with van der Waals surface area (Å²) in [6, 6.07) is 16.1. The van der Waals surface area contributed by atoms with Crippen molar-refractivity contribution in [2.24, 2.45) is 0 Å². The van der Waals surface area contributed by atoms with Gasteiger partial charge in [0.2, 0.25) is 0 Å². The number of aromatic nitrogens is 1. The number of anilines is 1. The normalized spacial score (nSPS) is 12.3. The highest BCUT2D eigenvalue weighted by Crippen LogP contribution is 2.26. The summed E-state index contributed by atoms with van der Waals surface area (Å²) < 4.78 is 0. The summed E-state index contributed by atoms with van der Waals surface area (Å²) in [6.45, 7) is 2.07. The lowest BCUT2D eigenvalue weighted by molar-refractivity contribution is 0.276. The number of fused-ring (bicyclic) bond motifs is 1. The van der Waals surface area contributed by atoms with Crippen LogP contribution in [0, 0.1) is 6.92 Å². The van der Waals surface area contributed by atoms with Crippen molar-refractivity contribution in [2.45, 2.75) is 13.0 Å². The SMILES string of the molecule is Cc1ccc(NC(CO)c2cncc3ccccc23)cc1. The third-order valence-electron chi connectivity index (χ3n) is 3.65. The maximum Gasteiger partial charge on any atom is 0.0765 e. The van der Waals surface area contributed by atoms with Gasteiger partial charge in [0, 0.05) is 29.0 Å². The Balaban J connectivity index is 1.96. The van der Waals surface area contributed by atoms with Crippen LogP contribution < -0.4 is 5.32 Å². The minimum atomic E-state index is -0.175. The third-order valence-corrected chi connectivity index (χ3v) is 3.65. The monoisotopic (exact) mass is 278 g/mol. The fraction of sp³-hybridized carbons (Fsp3) is 0.167. The Kier molecular flexibility index (Phi) is 3.84. The smallest absolute Gasteiger partial charge is 0.0765 e. The molecule has 0 aliphatic carbocycles. The molecule has 0 aliphatic rings. The van der Waals surface area contributed by atoms with Crippen LogP contribution in [0.25, 0.3) is 10.8 Å². The molecule has 1 aromatic heterocycles. The fourth-order valence-electron chi connectivity index (χ4n) is 2.49. The van der Waals surface area contributed by atoms with E-state index in [9.17, 15) is 5.11 Å². The van der Waals surface area contributed by atoms with Crippen molar-refractivity contribution in [3.8, 4) is 0 Å². The van der Waals surface area contributed by atoms with Gasteiger partial charge in [-0.15, -0.1) is 0 Å². The first-order valence-corrected chi connectivity index (χ1v) is 7.04. The zero-order chi connectivity index (χ0) is 14.7. The van der Waals surface area contributed by atoms with Crippen molar-refractivity contribution in [1.82, 2.24) is 4.98 Å². The van der Waals surface area contributed by atoms with Crippen molar-refractivity contribution in [3.05, 3.63) is 72.1 Å². The lowest BCUT2D eigenvalue weighted by Gasteiger charge is -2.19. The molecule has 0 radical (unpaired) electrons. The largest absolute Gasteiger partial charge is 0.394 e. The number of nitrogens with zero attached hydrogens (tertiary/aromatic N) is 1. The standard InChI is InChI=1S/C18H18N2O/c1-13-6-8-15(9-7-13)20-18(12-21)17-11-19-10-14-4-2-3-5-16(14)17/h2-11,18,20-21H,12H2,1H3. The summed E-state index contributed by atoms with van der Waals surface area (Å²) in [5.74, 6) is 0. The summed E-state index contributed by atoms with van der Waals surface area (Å²) in [4.78, 5) is 4.29. The predicted molar refractivity (Wildman–Crippen MR) is 86.4 cm³/mol. The maximum absolute atomic E-state index is 9.76. The van der Waals surface area contributed by atoms with Gasteiger partial charge in [0.05, 0.1) is 12.6 Å². The number of aliphatic hydroxyl groups excluding tert-OH is 1. The van der Waals surface area contributed by atoms with Gasteiger partial charge in [0.25, 0.3) is 0 Å². The zero-order valence-electron chi connectivity index (χ0n) is 12.0. The second-order valence-corrected chi connectivity index (χ2v) is 5.20. The van der Waals surface area contributed by atoms with Crippen LogP contribution >= 0.6 is 0 Å². The van der Waals surface area contributed by atoms with Gasteiger partial charge < -0.3 is 10.4 Å².